The van der Waals surface area contributed by atoms with Crippen LogP contribution in [0.3, 0.4) is 0 Å². The predicted octanol–water partition coefficient (Wildman–Crippen LogP) is 8.38. The second-order valence-corrected chi connectivity index (χ2v) is 11.7. The van der Waals surface area contributed by atoms with Crippen LogP contribution in [0.2, 0.25) is 0 Å². The molecule has 1 radical (unpaired) electrons. The summed E-state index contributed by atoms with van der Waals surface area (Å²) in [5, 5.41) is 0. The molecule has 0 saturated heterocycles. The highest BCUT2D eigenvalue weighted by Gasteiger charge is 2.37. The van der Waals surface area contributed by atoms with E-state index in [1.807, 2.05) is 20.3 Å². The Hall–Kier alpha value is 1.83. The minimum Gasteiger partial charge on any atom is -0.0784 e. The molecule has 0 unspecified atom stereocenters. The average molecular weight is 485 g/mol. The van der Waals surface area contributed by atoms with Gasteiger partial charge in [0.05, 0.1) is 0 Å². The van der Waals surface area contributed by atoms with Crippen molar-refractivity contribution >= 4 is 104 Å². The third-order valence-electron chi connectivity index (χ3n) is 2.62. The van der Waals surface area contributed by atoms with Crippen LogP contribution < -0.4 is 0 Å². The van der Waals surface area contributed by atoms with Gasteiger partial charge in [0.1, 0.15) is 0 Å². The molecule has 0 bridgehead atoms. The summed E-state index contributed by atoms with van der Waals surface area (Å²) >= 11 is 54.0. The van der Waals surface area contributed by atoms with Gasteiger partial charge in [0, 0.05) is 16.7 Å². The Morgan fingerprint density at radius 3 is 1.32 bits per heavy atom. The van der Waals surface area contributed by atoms with Gasteiger partial charge in [-0.25, -0.2) is 0 Å². The van der Waals surface area contributed by atoms with Gasteiger partial charge in [-0.1, -0.05) is 118 Å². The maximum absolute atomic E-state index is 6.04. The number of hydrogen-bond donors (Lipinski definition) is 0. The van der Waals surface area contributed by atoms with Gasteiger partial charge in [0.2, 0.25) is 11.4 Å². The number of alkyl halides is 9. The van der Waals surface area contributed by atoms with Crippen LogP contribution in [0.15, 0.2) is 12.1 Å². The van der Waals surface area contributed by atoms with Crippen LogP contribution in [0.5, 0.6) is 0 Å². The average Bonchev–Trinajstić information content (AvgIpc) is 2.23. The fourth-order valence-corrected chi connectivity index (χ4v) is 3.06. The molecular weight excluding hydrogens is 475 g/mol. The van der Waals surface area contributed by atoms with Crippen molar-refractivity contribution in [3.8, 4) is 0 Å². The molecule has 0 aliphatic heterocycles. The van der Waals surface area contributed by atoms with Crippen molar-refractivity contribution < 1.29 is 0 Å². The molecule has 0 fully saturated rings. The minimum absolute atomic E-state index is 0.107. The number of halogens is 9. The first kappa shape index (κ1) is 21.9. The lowest BCUT2D eigenvalue weighted by Crippen LogP contribution is -2.17. The molecule has 0 amide bonds. The van der Waals surface area contributed by atoms with E-state index < -0.39 is 11.4 Å². The first-order valence-electron chi connectivity index (χ1n) is 5.88. The Balaban J connectivity index is 3.78. The van der Waals surface area contributed by atoms with Crippen LogP contribution in [0.25, 0.3) is 0 Å². The third-order valence-corrected chi connectivity index (χ3v) is 4.49. The monoisotopic (exact) mass is 481 g/mol. The summed E-state index contributed by atoms with van der Waals surface area (Å²) in [6, 6.07) is 2.96. The minimum atomic E-state index is -1.78. The molecule has 1 aromatic rings. The number of benzene rings is 1. The zero-order valence-electron chi connectivity index (χ0n) is 11.2. The van der Waals surface area contributed by atoms with Crippen LogP contribution in [-0.4, -0.2) is 0 Å². The lowest BCUT2D eigenvalue weighted by atomic mass is 9.92. The van der Waals surface area contributed by atoms with Crippen molar-refractivity contribution in [3.63, 3.8) is 0 Å². The van der Waals surface area contributed by atoms with Crippen molar-refractivity contribution in [1.82, 2.24) is 0 Å². The predicted molar refractivity (Wildman–Crippen MR) is 102 cm³/mol. The molecule has 125 valence electrons. The van der Waals surface area contributed by atoms with Crippen LogP contribution in [0, 0.1) is 12.3 Å². The molecule has 9 heteroatoms. The van der Waals surface area contributed by atoms with E-state index in [-0.39, 0.29) is 22.6 Å². The van der Waals surface area contributed by atoms with Crippen LogP contribution in [0.1, 0.15) is 36.1 Å². The molecule has 22 heavy (non-hydrogen) atoms. The maximum Gasteiger partial charge on any atom is 0.216 e. The van der Waals surface area contributed by atoms with E-state index in [4.69, 9.17) is 104 Å². The van der Waals surface area contributed by atoms with E-state index in [9.17, 15) is 0 Å². The zero-order chi connectivity index (χ0) is 17.5. The number of rotatable bonds is 2. The van der Waals surface area contributed by atoms with Crippen LogP contribution in [-0.2, 0) is 11.4 Å². The van der Waals surface area contributed by atoms with Crippen LogP contribution >= 0.6 is 104 Å². The Morgan fingerprint density at radius 2 is 1.09 bits per heavy atom. The topological polar surface area (TPSA) is 0 Å². The normalized spacial score (nSPS) is 13.8. The molecule has 0 aromatic heterocycles. The van der Waals surface area contributed by atoms with Gasteiger partial charge >= 0.3 is 0 Å². The molecule has 0 saturated carbocycles. The van der Waals surface area contributed by atoms with E-state index in [0.29, 0.717) is 5.56 Å². The molecule has 0 heterocycles. The highest BCUT2D eigenvalue weighted by atomic mass is 35.6. The molecule has 0 nitrogen and oxygen atoms in total. The van der Waals surface area contributed by atoms with Gasteiger partial charge in [0.25, 0.3) is 0 Å². The van der Waals surface area contributed by atoms with Gasteiger partial charge < -0.3 is 0 Å². The summed E-state index contributed by atoms with van der Waals surface area (Å²) in [5.41, 5.74) is 1.28. The lowest BCUT2D eigenvalue weighted by molar-refractivity contribution is 0.768. The smallest absolute Gasteiger partial charge is 0.0784 e. The third kappa shape index (κ3) is 5.97. The maximum atomic E-state index is 6.04. The summed E-state index contributed by atoms with van der Waals surface area (Å²) < 4.78 is -5.32. The lowest BCUT2D eigenvalue weighted by Gasteiger charge is -2.27. The fraction of sp³-hybridized carbons (Fsp3) is 0.462. The first-order valence-corrected chi connectivity index (χ1v) is 9.28. The molecule has 1 aromatic carbocycles. The second-order valence-electron chi connectivity index (χ2n) is 4.89. The summed E-state index contributed by atoms with van der Waals surface area (Å²) in [6.07, 6.45) is 1.82. The summed E-state index contributed by atoms with van der Waals surface area (Å²) in [5.74, 6) is 0.107. The standard InChI is InChI=1S/C13H10Cl9/c1-6(2)3-8-9(12(17,18)19)4-7(11(14,15)16)5-10(8)13(20,21)22/h3-6H,1-2H3. The van der Waals surface area contributed by atoms with Crippen molar-refractivity contribution in [2.75, 3.05) is 0 Å². The Bertz CT molecular complexity index is 497. The van der Waals surface area contributed by atoms with Gasteiger partial charge in [-0.3, -0.25) is 0 Å². The molecule has 0 atom stereocenters. The summed E-state index contributed by atoms with van der Waals surface area (Å²) in [7, 11) is 0. The molecule has 1 rings (SSSR count). The van der Waals surface area contributed by atoms with Crippen molar-refractivity contribution in [2.24, 2.45) is 5.92 Å². The molecule has 0 aliphatic rings. The van der Waals surface area contributed by atoms with E-state index in [2.05, 4.69) is 0 Å². The molecule has 0 spiro atoms. The Labute approximate surface area is 175 Å². The van der Waals surface area contributed by atoms with Gasteiger partial charge in [-0.2, -0.15) is 0 Å². The van der Waals surface area contributed by atoms with E-state index in [1.54, 1.807) is 0 Å². The number of hydrogen-bond acceptors (Lipinski definition) is 0. The SMILES string of the molecule is CC(C)[CH]c1c(C(Cl)(Cl)Cl)cc(C(Cl)(Cl)Cl)cc1C(Cl)(Cl)Cl. The van der Waals surface area contributed by atoms with Gasteiger partial charge in [0.15, 0.2) is 0 Å². The zero-order valence-corrected chi connectivity index (χ0v) is 18.0. The summed E-state index contributed by atoms with van der Waals surface area (Å²) in [6.45, 7) is 3.88. The quantitative estimate of drug-likeness (QED) is 0.369. The second kappa shape index (κ2) is 7.60. The highest BCUT2D eigenvalue weighted by molar-refractivity contribution is 6.68. The molecular formula is C13H10Cl9. The fourth-order valence-electron chi connectivity index (χ4n) is 1.80. The van der Waals surface area contributed by atoms with Crippen LogP contribution in [0.4, 0.5) is 0 Å². The van der Waals surface area contributed by atoms with E-state index in [1.165, 1.54) is 12.1 Å². The van der Waals surface area contributed by atoms with Crippen molar-refractivity contribution in [1.29, 1.82) is 0 Å². The highest BCUT2D eigenvalue weighted by Crippen LogP contribution is 2.50. The van der Waals surface area contributed by atoms with Gasteiger partial charge in [-0.05, 0) is 30.0 Å². The largest absolute Gasteiger partial charge is 0.216 e. The van der Waals surface area contributed by atoms with E-state index >= 15 is 0 Å². The summed E-state index contributed by atoms with van der Waals surface area (Å²) in [4.78, 5) is 0. The molecule has 0 N–H and O–H groups in total. The van der Waals surface area contributed by atoms with Crippen molar-refractivity contribution in [2.45, 2.75) is 25.2 Å². The van der Waals surface area contributed by atoms with Gasteiger partial charge in [-0.15, -0.1) is 0 Å². The van der Waals surface area contributed by atoms with Crippen molar-refractivity contribution in [3.05, 3.63) is 40.8 Å². The van der Waals surface area contributed by atoms with E-state index in [0.717, 1.165) is 0 Å². The molecule has 0 aliphatic carbocycles. The Kier molecular flexibility index (Phi) is 7.56. The first-order chi connectivity index (χ1) is 9.64. The Morgan fingerprint density at radius 1 is 0.727 bits per heavy atom.